The molecular formula is C11H18ClN3. The van der Waals surface area contributed by atoms with Crippen LogP contribution >= 0.6 is 11.6 Å². The summed E-state index contributed by atoms with van der Waals surface area (Å²) in [6.45, 7) is 10.6. The van der Waals surface area contributed by atoms with Crippen molar-refractivity contribution >= 4 is 11.6 Å². The monoisotopic (exact) mass is 227 g/mol. The van der Waals surface area contributed by atoms with Gasteiger partial charge in [0.25, 0.3) is 0 Å². The second-order valence-corrected chi connectivity index (χ2v) is 4.50. The molecule has 0 aliphatic carbocycles. The molecule has 4 heteroatoms. The molecule has 0 fully saturated rings. The van der Waals surface area contributed by atoms with Crippen molar-refractivity contribution in [3.63, 3.8) is 0 Å². The highest BCUT2D eigenvalue weighted by atomic mass is 35.5. The van der Waals surface area contributed by atoms with E-state index in [1.807, 2.05) is 10.9 Å². The number of rotatable bonds is 5. The zero-order valence-corrected chi connectivity index (χ0v) is 10.3. The standard InChI is InChI=1S/C11H18ClN3/c1-8(2)15-7-11(6-14-15)10(4)13-5-9(3)12/h6-8,10,13H,3,5H2,1-2,4H3. The van der Waals surface area contributed by atoms with E-state index in [-0.39, 0.29) is 6.04 Å². The van der Waals surface area contributed by atoms with Gasteiger partial charge in [0.2, 0.25) is 0 Å². The van der Waals surface area contributed by atoms with Crippen LogP contribution in [0.4, 0.5) is 0 Å². The van der Waals surface area contributed by atoms with Crippen molar-refractivity contribution in [1.82, 2.24) is 15.1 Å². The van der Waals surface area contributed by atoms with E-state index >= 15 is 0 Å². The van der Waals surface area contributed by atoms with Crippen LogP contribution in [0.1, 0.15) is 38.4 Å². The minimum atomic E-state index is 0.244. The molecule has 1 atom stereocenters. The van der Waals surface area contributed by atoms with Crippen molar-refractivity contribution in [1.29, 1.82) is 0 Å². The Bertz CT molecular complexity index is 330. The molecule has 1 heterocycles. The minimum absolute atomic E-state index is 0.244. The zero-order chi connectivity index (χ0) is 11.4. The Hall–Kier alpha value is -0.800. The van der Waals surface area contributed by atoms with Gasteiger partial charge in [-0.15, -0.1) is 0 Å². The molecular weight excluding hydrogens is 210 g/mol. The third-order valence-electron chi connectivity index (χ3n) is 2.25. The molecule has 1 unspecified atom stereocenters. The maximum absolute atomic E-state index is 5.69. The third kappa shape index (κ3) is 3.68. The van der Waals surface area contributed by atoms with Crippen molar-refractivity contribution in [2.24, 2.45) is 0 Å². The van der Waals surface area contributed by atoms with Crippen LogP contribution in [-0.2, 0) is 0 Å². The largest absolute Gasteiger partial charge is 0.305 e. The van der Waals surface area contributed by atoms with E-state index in [2.05, 4.69) is 44.0 Å². The average molecular weight is 228 g/mol. The first-order valence-corrected chi connectivity index (χ1v) is 5.49. The van der Waals surface area contributed by atoms with Crippen LogP contribution in [0.2, 0.25) is 0 Å². The van der Waals surface area contributed by atoms with Crippen LogP contribution in [0, 0.1) is 0 Å². The van der Waals surface area contributed by atoms with Crippen LogP contribution in [0.15, 0.2) is 24.0 Å². The molecule has 15 heavy (non-hydrogen) atoms. The van der Waals surface area contributed by atoms with Crippen LogP contribution in [-0.4, -0.2) is 16.3 Å². The Labute approximate surface area is 96.1 Å². The predicted octanol–water partition coefficient (Wildman–Crippen LogP) is 2.87. The third-order valence-corrected chi connectivity index (χ3v) is 2.38. The van der Waals surface area contributed by atoms with Gasteiger partial charge in [0, 0.05) is 35.4 Å². The molecule has 1 rings (SSSR count). The normalized spacial score (nSPS) is 13.1. The molecule has 3 nitrogen and oxygen atoms in total. The van der Waals surface area contributed by atoms with Gasteiger partial charge in [-0.05, 0) is 20.8 Å². The van der Waals surface area contributed by atoms with Crippen LogP contribution in [0.5, 0.6) is 0 Å². The molecule has 0 saturated heterocycles. The molecule has 84 valence electrons. The Morgan fingerprint density at radius 1 is 1.60 bits per heavy atom. The summed E-state index contributed by atoms with van der Waals surface area (Å²) in [6.07, 6.45) is 3.94. The van der Waals surface area contributed by atoms with Crippen LogP contribution in [0.25, 0.3) is 0 Å². The smallest absolute Gasteiger partial charge is 0.0537 e. The maximum Gasteiger partial charge on any atom is 0.0537 e. The Balaban J connectivity index is 2.57. The lowest BCUT2D eigenvalue weighted by Crippen LogP contribution is -2.19. The van der Waals surface area contributed by atoms with Gasteiger partial charge < -0.3 is 5.32 Å². The lowest BCUT2D eigenvalue weighted by molar-refractivity contribution is 0.530. The first-order chi connectivity index (χ1) is 7.00. The van der Waals surface area contributed by atoms with Crippen molar-refractivity contribution in [2.75, 3.05) is 6.54 Å². The Morgan fingerprint density at radius 3 is 2.73 bits per heavy atom. The molecule has 0 bridgehead atoms. The molecule has 0 aromatic carbocycles. The summed E-state index contributed by atoms with van der Waals surface area (Å²) in [5.41, 5.74) is 1.17. The van der Waals surface area contributed by atoms with Crippen molar-refractivity contribution in [3.8, 4) is 0 Å². The molecule has 0 aliphatic rings. The molecule has 1 aromatic heterocycles. The van der Waals surface area contributed by atoms with Crippen LogP contribution in [0.3, 0.4) is 0 Å². The highest BCUT2D eigenvalue weighted by Crippen LogP contribution is 2.13. The highest BCUT2D eigenvalue weighted by Gasteiger charge is 2.08. The van der Waals surface area contributed by atoms with E-state index in [9.17, 15) is 0 Å². The summed E-state index contributed by atoms with van der Waals surface area (Å²) >= 11 is 5.69. The SMILES string of the molecule is C=C(Cl)CNC(C)c1cnn(C(C)C)c1. The van der Waals surface area contributed by atoms with Gasteiger partial charge in [0.05, 0.1) is 6.20 Å². The summed E-state index contributed by atoms with van der Waals surface area (Å²) < 4.78 is 1.95. The van der Waals surface area contributed by atoms with E-state index < -0.39 is 0 Å². The van der Waals surface area contributed by atoms with E-state index in [0.29, 0.717) is 17.6 Å². The van der Waals surface area contributed by atoms with Gasteiger partial charge in [-0.3, -0.25) is 4.68 Å². The van der Waals surface area contributed by atoms with Gasteiger partial charge in [0.1, 0.15) is 0 Å². The van der Waals surface area contributed by atoms with Gasteiger partial charge >= 0.3 is 0 Å². The van der Waals surface area contributed by atoms with E-state index in [1.165, 1.54) is 5.56 Å². The summed E-state index contributed by atoms with van der Waals surface area (Å²) in [5, 5.41) is 8.17. The number of halogens is 1. The maximum atomic E-state index is 5.69. The summed E-state index contributed by atoms with van der Waals surface area (Å²) in [4.78, 5) is 0. The topological polar surface area (TPSA) is 29.9 Å². The second-order valence-electron chi connectivity index (χ2n) is 3.97. The molecule has 1 N–H and O–H groups in total. The molecule has 0 spiro atoms. The zero-order valence-electron chi connectivity index (χ0n) is 9.50. The lowest BCUT2D eigenvalue weighted by Gasteiger charge is -2.11. The molecule has 0 aliphatic heterocycles. The summed E-state index contributed by atoms with van der Waals surface area (Å²) in [6, 6.07) is 0.641. The molecule has 1 aromatic rings. The number of nitrogens with zero attached hydrogens (tertiary/aromatic N) is 2. The van der Waals surface area contributed by atoms with E-state index in [4.69, 9.17) is 11.6 Å². The van der Waals surface area contributed by atoms with E-state index in [1.54, 1.807) is 0 Å². The summed E-state index contributed by atoms with van der Waals surface area (Å²) in [5.74, 6) is 0. The highest BCUT2D eigenvalue weighted by molar-refractivity contribution is 6.29. The van der Waals surface area contributed by atoms with Crippen molar-refractivity contribution in [2.45, 2.75) is 32.9 Å². The van der Waals surface area contributed by atoms with Gasteiger partial charge in [0.15, 0.2) is 0 Å². The average Bonchev–Trinajstić information content (AvgIpc) is 2.62. The Kier molecular flexibility index (Phi) is 4.36. The number of hydrogen-bond donors (Lipinski definition) is 1. The van der Waals surface area contributed by atoms with Gasteiger partial charge in [-0.25, -0.2) is 0 Å². The van der Waals surface area contributed by atoms with Crippen molar-refractivity contribution < 1.29 is 0 Å². The predicted molar refractivity (Wildman–Crippen MR) is 64.0 cm³/mol. The molecule has 0 radical (unpaired) electrons. The molecule has 0 amide bonds. The lowest BCUT2D eigenvalue weighted by atomic mass is 10.2. The summed E-state index contributed by atoms with van der Waals surface area (Å²) in [7, 11) is 0. The number of aromatic nitrogens is 2. The van der Waals surface area contributed by atoms with Crippen molar-refractivity contribution in [3.05, 3.63) is 29.6 Å². The number of nitrogens with one attached hydrogen (secondary N) is 1. The first kappa shape index (κ1) is 12.3. The fraction of sp³-hybridized carbons (Fsp3) is 0.545. The van der Waals surface area contributed by atoms with E-state index in [0.717, 1.165) is 0 Å². The van der Waals surface area contributed by atoms with Gasteiger partial charge in [-0.1, -0.05) is 18.2 Å². The number of hydrogen-bond acceptors (Lipinski definition) is 2. The fourth-order valence-corrected chi connectivity index (χ4v) is 1.32. The fourth-order valence-electron chi connectivity index (χ4n) is 1.24. The van der Waals surface area contributed by atoms with Gasteiger partial charge in [-0.2, -0.15) is 5.10 Å². The van der Waals surface area contributed by atoms with Crippen LogP contribution < -0.4 is 5.32 Å². The molecule has 0 saturated carbocycles. The Morgan fingerprint density at radius 2 is 2.27 bits per heavy atom. The quantitative estimate of drug-likeness (QED) is 0.839. The second kappa shape index (κ2) is 5.33. The first-order valence-electron chi connectivity index (χ1n) is 5.11. The minimum Gasteiger partial charge on any atom is -0.305 e.